The number of ketones is 1. The van der Waals surface area contributed by atoms with Crippen molar-refractivity contribution in [2.24, 2.45) is 11.1 Å². The summed E-state index contributed by atoms with van der Waals surface area (Å²) in [6.45, 7) is 4.13. The molecule has 2 aromatic rings. The number of Topliss-reactive ketones (excluding diaryl/α,β-unsaturated/α-hetero) is 1. The normalized spacial score (nSPS) is 19.0. The summed E-state index contributed by atoms with van der Waals surface area (Å²) in [4.78, 5) is 15.6. The van der Waals surface area contributed by atoms with Gasteiger partial charge in [-0.2, -0.15) is 5.26 Å². The zero-order chi connectivity index (χ0) is 26.2. The van der Waals surface area contributed by atoms with Crippen LogP contribution in [0.15, 0.2) is 59.1 Å². The van der Waals surface area contributed by atoms with Crippen molar-refractivity contribution >= 4 is 11.5 Å². The van der Waals surface area contributed by atoms with E-state index in [1.807, 2.05) is 29.2 Å². The monoisotopic (exact) mass is 489 g/mol. The molecule has 0 bridgehead atoms. The van der Waals surface area contributed by atoms with Crippen LogP contribution in [0, 0.1) is 16.7 Å². The Hall–Kier alpha value is -4.12. The van der Waals surface area contributed by atoms with Crippen molar-refractivity contribution in [3.05, 3.63) is 64.6 Å². The maximum absolute atomic E-state index is 13.7. The molecule has 1 heterocycles. The highest BCUT2D eigenvalue weighted by Gasteiger charge is 2.45. The third kappa shape index (κ3) is 4.11. The van der Waals surface area contributed by atoms with Gasteiger partial charge in [-0.05, 0) is 53.8 Å². The van der Waals surface area contributed by atoms with Gasteiger partial charge in [-0.3, -0.25) is 9.69 Å². The summed E-state index contributed by atoms with van der Waals surface area (Å²) in [6.07, 6.45) is 0.974. The smallest absolute Gasteiger partial charge is 0.203 e. The second kappa shape index (κ2) is 9.50. The van der Waals surface area contributed by atoms with E-state index in [1.165, 1.54) is 21.3 Å². The molecule has 188 valence electrons. The van der Waals surface area contributed by atoms with Gasteiger partial charge in [-0.15, -0.1) is 0 Å². The fourth-order valence-electron chi connectivity index (χ4n) is 5.14. The zero-order valence-electron chi connectivity index (χ0n) is 21.5. The van der Waals surface area contributed by atoms with Crippen LogP contribution in [-0.2, 0) is 4.79 Å². The highest BCUT2D eigenvalue weighted by Crippen LogP contribution is 2.52. The summed E-state index contributed by atoms with van der Waals surface area (Å²) >= 11 is 0. The number of hydrogen-bond acceptors (Lipinski definition) is 8. The van der Waals surface area contributed by atoms with E-state index in [4.69, 9.17) is 24.7 Å². The molecule has 1 atom stereocenters. The van der Waals surface area contributed by atoms with Gasteiger partial charge in [0.1, 0.15) is 11.6 Å². The minimum atomic E-state index is -0.670. The molecule has 1 aliphatic carbocycles. The first kappa shape index (κ1) is 25.0. The summed E-state index contributed by atoms with van der Waals surface area (Å²) in [5, 5.41) is 10.3. The van der Waals surface area contributed by atoms with E-state index in [-0.39, 0.29) is 22.6 Å². The Labute approximate surface area is 211 Å². The van der Waals surface area contributed by atoms with E-state index in [0.717, 1.165) is 11.4 Å². The molecule has 0 saturated carbocycles. The van der Waals surface area contributed by atoms with Crippen molar-refractivity contribution in [2.45, 2.75) is 32.6 Å². The largest absolute Gasteiger partial charge is 0.497 e. The molecular weight excluding hydrogens is 458 g/mol. The van der Waals surface area contributed by atoms with Crippen LogP contribution in [0.2, 0.25) is 0 Å². The van der Waals surface area contributed by atoms with Crippen molar-refractivity contribution in [1.29, 1.82) is 5.26 Å². The number of carbonyl (C=O) groups excluding carboxylic acids is 1. The predicted octanol–water partition coefficient (Wildman–Crippen LogP) is 4.66. The third-order valence-corrected chi connectivity index (χ3v) is 6.73. The number of methoxy groups -OCH3 is 4. The maximum atomic E-state index is 13.7. The van der Waals surface area contributed by atoms with Gasteiger partial charge in [-0.1, -0.05) is 13.8 Å². The molecule has 8 heteroatoms. The molecule has 2 N–H and O–H groups in total. The SMILES string of the molecule is COc1ccc(N2C(N)=C(C#N)[C@@H](c3cc(OC)c(OC)c(OC)c3)C3=C2CC(C)(C)CC3=O)cc1. The standard InChI is InChI=1S/C28H31N3O5/c1-28(2)13-20-25(21(32)14-28)24(16-11-22(34-4)26(36-6)23(12-16)35-5)19(15-29)27(30)31(20)17-7-9-18(33-3)10-8-17/h7-12,24H,13-14,30H2,1-6H3/t24-/m1/s1. The number of nitrogens with zero attached hydrogens (tertiary/aromatic N) is 2. The predicted molar refractivity (Wildman–Crippen MR) is 136 cm³/mol. The van der Waals surface area contributed by atoms with Gasteiger partial charge in [0.05, 0.1) is 46.0 Å². The van der Waals surface area contributed by atoms with Crippen LogP contribution in [0.4, 0.5) is 5.69 Å². The first-order valence-electron chi connectivity index (χ1n) is 11.6. The number of anilines is 1. The Bertz CT molecular complexity index is 1280. The number of hydrogen-bond donors (Lipinski definition) is 1. The Morgan fingerprint density at radius 2 is 1.58 bits per heavy atom. The van der Waals surface area contributed by atoms with Gasteiger partial charge in [-0.25, -0.2) is 0 Å². The highest BCUT2D eigenvalue weighted by molar-refractivity contribution is 6.01. The van der Waals surface area contributed by atoms with E-state index in [2.05, 4.69) is 19.9 Å². The summed E-state index contributed by atoms with van der Waals surface area (Å²) in [6, 6.07) is 13.2. The fraction of sp³-hybridized carbons (Fsp3) is 0.357. The molecule has 2 aliphatic rings. The van der Waals surface area contributed by atoms with Crippen LogP contribution >= 0.6 is 0 Å². The fourth-order valence-corrected chi connectivity index (χ4v) is 5.14. The van der Waals surface area contributed by atoms with Gasteiger partial charge < -0.3 is 24.7 Å². The van der Waals surface area contributed by atoms with Crippen molar-refractivity contribution < 1.29 is 23.7 Å². The molecule has 0 spiro atoms. The molecule has 0 amide bonds. The molecule has 4 rings (SSSR count). The first-order chi connectivity index (χ1) is 17.2. The Balaban J connectivity index is 2.00. The van der Waals surface area contributed by atoms with Gasteiger partial charge in [0.2, 0.25) is 5.75 Å². The van der Waals surface area contributed by atoms with Crippen LogP contribution in [0.1, 0.15) is 38.2 Å². The van der Waals surface area contributed by atoms with Crippen LogP contribution in [-0.4, -0.2) is 34.2 Å². The van der Waals surface area contributed by atoms with E-state index in [1.54, 1.807) is 19.2 Å². The molecule has 1 aliphatic heterocycles. The maximum Gasteiger partial charge on any atom is 0.203 e. The van der Waals surface area contributed by atoms with Crippen LogP contribution in [0.25, 0.3) is 0 Å². The Kier molecular flexibility index (Phi) is 6.59. The van der Waals surface area contributed by atoms with Crippen molar-refractivity contribution in [3.8, 4) is 29.1 Å². The number of nitrogens with two attached hydrogens (primary N) is 1. The number of carbonyl (C=O) groups is 1. The highest BCUT2D eigenvalue weighted by atomic mass is 16.5. The van der Waals surface area contributed by atoms with Gasteiger partial charge in [0.25, 0.3) is 0 Å². The molecule has 0 aromatic heterocycles. The Morgan fingerprint density at radius 3 is 2.08 bits per heavy atom. The van der Waals surface area contributed by atoms with Crippen molar-refractivity contribution in [1.82, 2.24) is 0 Å². The quantitative estimate of drug-likeness (QED) is 0.624. The lowest BCUT2D eigenvalue weighted by Gasteiger charge is -2.43. The molecule has 0 radical (unpaired) electrons. The molecule has 0 unspecified atom stereocenters. The topological polar surface area (TPSA) is 107 Å². The molecular formula is C28H31N3O5. The van der Waals surface area contributed by atoms with Crippen LogP contribution < -0.4 is 29.6 Å². The molecule has 8 nitrogen and oxygen atoms in total. The van der Waals surface area contributed by atoms with Gasteiger partial charge in [0.15, 0.2) is 17.3 Å². The average molecular weight is 490 g/mol. The third-order valence-electron chi connectivity index (χ3n) is 6.73. The molecule has 0 fully saturated rings. The van der Waals surface area contributed by atoms with E-state index >= 15 is 0 Å². The number of ether oxygens (including phenoxy) is 4. The summed E-state index contributed by atoms with van der Waals surface area (Å²) in [7, 11) is 6.19. The second-order valence-electron chi connectivity index (χ2n) is 9.64. The molecule has 36 heavy (non-hydrogen) atoms. The van der Waals surface area contributed by atoms with Crippen LogP contribution in [0.5, 0.6) is 23.0 Å². The van der Waals surface area contributed by atoms with E-state index in [9.17, 15) is 10.1 Å². The van der Waals surface area contributed by atoms with Gasteiger partial charge in [0, 0.05) is 23.4 Å². The van der Waals surface area contributed by atoms with E-state index in [0.29, 0.717) is 47.0 Å². The van der Waals surface area contributed by atoms with Crippen LogP contribution in [0.3, 0.4) is 0 Å². The Morgan fingerprint density at radius 1 is 0.972 bits per heavy atom. The summed E-state index contributed by atoms with van der Waals surface area (Å²) in [5.41, 5.74) is 9.50. The van der Waals surface area contributed by atoms with E-state index < -0.39 is 5.92 Å². The molecule has 2 aromatic carbocycles. The second-order valence-corrected chi connectivity index (χ2v) is 9.64. The lowest BCUT2D eigenvalue weighted by Crippen LogP contribution is -2.42. The minimum absolute atomic E-state index is 0.0150. The number of rotatable bonds is 6. The van der Waals surface area contributed by atoms with Gasteiger partial charge >= 0.3 is 0 Å². The molecule has 0 saturated heterocycles. The number of allylic oxidation sites excluding steroid dienone is 3. The average Bonchev–Trinajstić information content (AvgIpc) is 2.86. The minimum Gasteiger partial charge on any atom is -0.497 e. The summed E-state index contributed by atoms with van der Waals surface area (Å²) in [5.74, 6) is 1.60. The zero-order valence-corrected chi connectivity index (χ0v) is 21.5. The summed E-state index contributed by atoms with van der Waals surface area (Å²) < 4.78 is 21.9. The van der Waals surface area contributed by atoms with Crippen molar-refractivity contribution in [3.63, 3.8) is 0 Å². The van der Waals surface area contributed by atoms with Crippen molar-refractivity contribution in [2.75, 3.05) is 33.3 Å². The lowest BCUT2D eigenvalue weighted by atomic mass is 9.68. The number of benzene rings is 2. The first-order valence-corrected chi connectivity index (χ1v) is 11.6. The number of nitriles is 1. The lowest BCUT2D eigenvalue weighted by molar-refractivity contribution is -0.118.